The first-order valence-corrected chi connectivity index (χ1v) is 10.1. The molecule has 2 saturated carbocycles. The van der Waals surface area contributed by atoms with E-state index in [9.17, 15) is 13.9 Å². The second-order valence-electron chi connectivity index (χ2n) is 8.89. The maximum absolute atomic E-state index is 13.0. The quantitative estimate of drug-likeness (QED) is 0.701. The Morgan fingerprint density at radius 2 is 2.00 bits per heavy atom. The van der Waals surface area contributed by atoms with Gasteiger partial charge in [0.2, 0.25) is 6.43 Å². The van der Waals surface area contributed by atoms with Gasteiger partial charge in [-0.25, -0.2) is 8.78 Å². The van der Waals surface area contributed by atoms with Crippen LogP contribution in [0.2, 0.25) is 0 Å². The molecule has 1 aromatic rings. The third kappa shape index (κ3) is 2.69. The maximum atomic E-state index is 13.0. The van der Waals surface area contributed by atoms with Gasteiger partial charge in [-0.05, 0) is 96.8 Å². The molecule has 3 heteroatoms. The normalized spacial score (nSPS) is 36.8. The molecule has 25 heavy (non-hydrogen) atoms. The van der Waals surface area contributed by atoms with Gasteiger partial charge >= 0.3 is 0 Å². The molecule has 138 valence electrons. The average Bonchev–Trinajstić information content (AvgIpc) is 2.90. The van der Waals surface area contributed by atoms with Crippen LogP contribution in [0.1, 0.15) is 75.0 Å². The fourth-order valence-corrected chi connectivity index (χ4v) is 6.65. The second-order valence-corrected chi connectivity index (χ2v) is 8.89. The second kappa shape index (κ2) is 6.25. The molecule has 2 fully saturated rings. The maximum Gasteiger partial charge on any atom is 0.238 e. The van der Waals surface area contributed by atoms with Gasteiger partial charge < -0.3 is 5.11 Å². The molecule has 0 radical (unpaired) electrons. The minimum Gasteiger partial charge on any atom is -0.508 e. The van der Waals surface area contributed by atoms with Crippen LogP contribution in [0.25, 0.3) is 0 Å². The number of hydrogen-bond donors (Lipinski definition) is 1. The van der Waals surface area contributed by atoms with Gasteiger partial charge in [-0.15, -0.1) is 0 Å². The van der Waals surface area contributed by atoms with E-state index in [4.69, 9.17) is 0 Å². The van der Waals surface area contributed by atoms with Crippen molar-refractivity contribution in [1.29, 1.82) is 0 Å². The molecule has 0 amide bonds. The highest BCUT2D eigenvalue weighted by Gasteiger charge is 2.54. The molecule has 3 aliphatic carbocycles. The Hall–Kier alpha value is -1.12. The lowest BCUT2D eigenvalue weighted by atomic mass is 9.54. The SMILES string of the molecule is CCc1cc2c(cc1O)CC[C@@H]1[C@@H]2CC[C@]2(C)[C@@H](CC(F)F)CC[C@@H]12. The van der Waals surface area contributed by atoms with Gasteiger partial charge in [-0.3, -0.25) is 0 Å². The smallest absolute Gasteiger partial charge is 0.238 e. The fourth-order valence-electron chi connectivity index (χ4n) is 6.65. The van der Waals surface area contributed by atoms with E-state index < -0.39 is 6.43 Å². The molecule has 3 aliphatic rings. The molecule has 0 bridgehead atoms. The first-order valence-electron chi connectivity index (χ1n) is 10.1. The molecule has 1 aromatic carbocycles. The topological polar surface area (TPSA) is 20.2 Å². The van der Waals surface area contributed by atoms with E-state index >= 15 is 0 Å². The molecular formula is C22H30F2O. The van der Waals surface area contributed by atoms with Crippen LogP contribution in [-0.4, -0.2) is 11.5 Å². The Balaban J connectivity index is 1.64. The van der Waals surface area contributed by atoms with Crippen molar-refractivity contribution in [2.45, 2.75) is 77.6 Å². The largest absolute Gasteiger partial charge is 0.508 e. The summed E-state index contributed by atoms with van der Waals surface area (Å²) in [6.45, 7) is 4.39. The Bertz CT molecular complexity index is 656. The number of alkyl halides is 2. The van der Waals surface area contributed by atoms with E-state index in [1.807, 2.05) is 6.07 Å². The van der Waals surface area contributed by atoms with Gasteiger partial charge in [0.25, 0.3) is 0 Å². The van der Waals surface area contributed by atoms with Crippen LogP contribution in [0.3, 0.4) is 0 Å². The highest BCUT2D eigenvalue weighted by atomic mass is 19.3. The lowest BCUT2D eigenvalue weighted by Crippen LogP contribution is -2.42. The molecule has 5 atom stereocenters. The number of phenols is 1. The van der Waals surface area contributed by atoms with E-state index in [-0.39, 0.29) is 17.8 Å². The van der Waals surface area contributed by atoms with E-state index in [2.05, 4.69) is 19.9 Å². The highest BCUT2D eigenvalue weighted by molar-refractivity contribution is 5.45. The summed E-state index contributed by atoms with van der Waals surface area (Å²) < 4.78 is 26.1. The summed E-state index contributed by atoms with van der Waals surface area (Å²) in [7, 11) is 0. The first-order chi connectivity index (χ1) is 11.9. The molecule has 0 unspecified atom stereocenters. The van der Waals surface area contributed by atoms with Crippen LogP contribution in [0.15, 0.2) is 12.1 Å². The van der Waals surface area contributed by atoms with E-state index in [1.165, 1.54) is 11.1 Å². The molecule has 1 N–H and O–H groups in total. The Morgan fingerprint density at radius 1 is 1.20 bits per heavy atom. The number of phenolic OH excluding ortho intramolecular Hbond substituents is 1. The molecule has 0 heterocycles. The number of rotatable bonds is 3. The molecule has 1 nitrogen and oxygen atoms in total. The summed E-state index contributed by atoms with van der Waals surface area (Å²) in [5.74, 6) is 2.45. The van der Waals surface area contributed by atoms with Gasteiger partial charge in [0.15, 0.2) is 0 Å². The standard InChI is InChI=1S/C22H30F2O/c1-3-13-10-18-14(11-20(13)25)4-6-17-16(18)8-9-22(2)15(12-21(23)24)5-7-19(17)22/h10-11,15-17,19,21,25H,3-9,12H2,1-2H3/t15-,16+,17-,19+,22-/m1/s1. The molecule has 0 aromatic heterocycles. The van der Waals surface area contributed by atoms with Crippen LogP contribution in [0.5, 0.6) is 5.75 Å². The number of aryl methyl sites for hydroxylation is 2. The lowest BCUT2D eigenvalue weighted by molar-refractivity contribution is 0.00354. The molecule has 0 spiro atoms. The van der Waals surface area contributed by atoms with Crippen molar-refractivity contribution in [3.8, 4) is 5.75 Å². The molecule has 0 saturated heterocycles. The summed E-state index contributed by atoms with van der Waals surface area (Å²) >= 11 is 0. The zero-order chi connectivity index (χ0) is 17.8. The van der Waals surface area contributed by atoms with Crippen molar-refractivity contribution < 1.29 is 13.9 Å². The van der Waals surface area contributed by atoms with Crippen LogP contribution >= 0.6 is 0 Å². The predicted molar refractivity (Wildman–Crippen MR) is 96.2 cm³/mol. The van der Waals surface area contributed by atoms with Crippen molar-refractivity contribution in [2.75, 3.05) is 0 Å². The number of hydrogen-bond acceptors (Lipinski definition) is 1. The third-order valence-corrected chi connectivity index (χ3v) is 7.96. The minimum atomic E-state index is -2.17. The van der Waals surface area contributed by atoms with Gasteiger partial charge in [-0.2, -0.15) is 0 Å². The monoisotopic (exact) mass is 348 g/mol. The van der Waals surface area contributed by atoms with Crippen LogP contribution in [0, 0.1) is 23.2 Å². The van der Waals surface area contributed by atoms with Crippen molar-refractivity contribution in [3.05, 3.63) is 28.8 Å². The van der Waals surface area contributed by atoms with Gasteiger partial charge in [0.1, 0.15) is 5.75 Å². The molecule has 0 aliphatic heterocycles. The minimum absolute atomic E-state index is 0.0921. The van der Waals surface area contributed by atoms with Crippen molar-refractivity contribution >= 4 is 0 Å². The van der Waals surface area contributed by atoms with Gasteiger partial charge in [-0.1, -0.05) is 19.9 Å². The summed E-state index contributed by atoms with van der Waals surface area (Å²) in [5, 5.41) is 10.2. The van der Waals surface area contributed by atoms with Crippen molar-refractivity contribution in [1.82, 2.24) is 0 Å². The van der Waals surface area contributed by atoms with Gasteiger partial charge in [0.05, 0.1) is 0 Å². The number of halogens is 2. The van der Waals surface area contributed by atoms with Crippen LogP contribution in [0.4, 0.5) is 8.78 Å². The Labute approximate surface area is 149 Å². The summed E-state index contributed by atoms with van der Waals surface area (Å²) in [4.78, 5) is 0. The van der Waals surface area contributed by atoms with Crippen LogP contribution < -0.4 is 0 Å². The van der Waals surface area contributed by atoms with E-state index in [1.54, 1.807) is 0 Å². The fraction of sp³-hybridized carbons (Fsp3) is 0.727. The predicted octanol–water partition coefficient (Wildman–Crippen LogP) is 6.08. The molecular weight excluding hydrogens is 318 g/mol. The van der Waals surface area contributed by atoms with Crippen molar-refractivity contribution in [3.63, 3.8) is 0 Å². The van der Waals surface area contributed by atoms with E-state index in [0.29, 0.717) is 23.5 Å². The first kappa shape index (κ1) is 17.3. The highest BCUT2D eigenvalue weighted by Crippen LogP contribution is 2.64. The summed E-state index contributed by atoms with van der Waals surface area (Å²) in [5.41, 5.74) is 3.93. The van der Waals surface area contributed by atoms with Gasteiger partial charge in [0, 0.05) is 6.42 Å². The van der Waals surface area contributed by atoms with Crippen LogP contribution in [-0.2, 0) is 12.8 Å². The molecule has 4 rings (SSSR count). The lowest BCUT2D eigenvalue weighted by Gasteiger charge is -2.51. The number of fused-ring (bicyclic) bond motifs is 5. The Morgan fingerprint density at radius 3 is 2.72 bits per heavy atom. The average molecular weight is 348 g/mol. The van der Waals surface area contributed by atoms with E-state index in [0.717, 1.165) is 50.5 Å². The summed E-state index contributed by atoms with van der Waals surface area (Å²) in [6, 6.07) is 4.24. The number of aromatic hydroxyl groups is 1. The zero-order valence-electron chi connectivity index (χ0n) is 15.4. The summed E-state index contributed by atoms with van der Waals surface area (Å²) in [6.07, 6.45) is 5.28. The number of benzene rings is 1. The van der Waals surface area contributed by atoms with Crippen molar-refractivity contribution in [2.24, 2.45) is 23.2 Å². The third-order valence-electron chi connectivity index (χ3n) is 7.96. The Kier molecular flexibility index (Phi) is 4.32. The zero-order valence-corrected chi connectivity index (χ0v) is 15.4.